The van der Waals surface area contributed by atoms with Crippen molar-refractivity contribution in [2.24, 2.45) is 5.92 Å². The maximum atomic E-state index is 8.78. The molecule has 0 saturated carbocycles. The van der Waals surface area contributed by atoms with E-state index in [0.29, 0.717) is 12.5 Å². The monoisotopic (exact) mass is 165 g/mol. The first-order valence-corrected chi connectivity index (χ1v) is 3.75. The van der Waals surface area contributed by atoms with Gasteiger partial charge in [-0.15, -0.1) is 12.4 Å². The van der Waals surface area contributed by atoms with Gasteiger partial charge >= 0.3 is 0 Å². The minimum Gasteiger partial charge on any atom is -0.396 e. The fourth-order valence-corrected chi connectivity index (χ4v) is 1.25. The summed E-state index contributed by atoms with van der Waals surface area (Å²) in [5.41, 5.74) is 0. The van der Waals surface area contributed by atoms with Gasteiger partial charge in [-0.3, -0.25) is 0 Å². The van der Waals surface area contributed by atoms with Crippen LogP contribution in [0.5, 0.6) is 0 Å². The van der Waals surface area contributed by atoms with E-state index in [2.05, 4.69) is 5.32 Å². The number of nitrogens with one attached hydrogen (secondary N) is 1. The number of rotatable bonds is 1. The fourth-order valence-electron chi connectivity index (χ4n) is 1.25. The van der Waals surface area contributed by atoms with Gasteiger partial charge in [0.25, 0.3) is 0 Å². The second-order valence-electron chi connectivity index (χ2n) is 2.75. The van der Waals surface area contributed by atoms with Gasteiger partial charge in [0.2, 0.25) is 0 Å². The Kier molecular flexibility index (Phi) is 6.08. The Morgan fingerprint density at radius 3 is 2.90 bits per heavy atom. The van der Waals surface area contributed by atoms with Crippen LogP contribution in [-0.4, -0.2) is 24.8 Å². The number of hydrogen-bond acceptors (Lipinski definition) is 2. The van der Waals surface area contributed by atoms with Gasteiger partial charge in [0, 0.05) is 13.2 Å². The predicted molar refractivity (Wildman–Crippen MR) is 44.5 cm³/mol. The first-order chi connectivity index (χ1) is 4.43. The van der Waals surface area contributed by atoms with Gasteiger partial charge in [0.1, 0.15) is 0 Å². The lowest BCUT2D eigenvalue weighted by Crippen LogP contribution is -2.22. The van der Waals surface area contributed by atoms with Gasteiger partial charge in [-0.2, -0.15) is 0 Å². The molecule has 62 valence electrons. The zero-order valence-electron chi connectivity index (χ0n) is 6.18. The molecule has 2 N–H and O–H groups in total. The van der Waals surface area contributed by atoms with Crippen LogP contribution in [-0.2, 0) is 0 Å². The number of halogens is 1. The second kappa shape index (κ2) is 5.96. The van der Waals surface area contributed by atoms with Crippen LogP contribution in [0.25, 0.3) is 0 Å². The summed E-state index contributed by atoms with van der Waals surface area (Å²) < 4.78 is 0. The van der Waals surface area contributed by atoms with E-state index >= 15 is 0 Å². The molecule has 10 heavy (non-hydrogen) atoms. The quantitative estimate of drug-likeness (QED) is 0.602. The van der Waals surface area contributed by atoms with Crippen molar-refractivity contribution in [3.63, 3.8) is 0 Å². The molecular formula is C7H16ClNO. The molecule has 1 atom stereocenters. The smallest absolute Gasteiger partial charge is 0.0471 e. The first kappa shape index (κ1) is 10.2. The van der Waals surface area contributed by atoms with Crippen LogP contribution in [0.15, 0.2) is 0 Å². The second-order valence-corrected chi connectivity index (χ2v) is 2.75. The summed E-state index contributed by atoms with van der Waals surface area (Å²) in [5.74, 6) is 0.521. The summed E-state index contributed by atoms with van der Waals surface area (Å²) in [5, 5.41) is 12.1. The Hall–Kier alpha value is 0.210. The maximum absolute atomic E-state index is 8.78. The topological polar surface area (TPSA) is 32.3 Å². The molecule has 1 heterocycles. The van der Waals surface area contributed by atoms with Crippen molar-refractivity contribution in [3.8, 4) is 0 Å². The third kappa shape index (κ3) is 3.40. The van der Waals surface area contributed by atoms with E-state index in [9.17, 15) is 0 Å². The summed E-state index contributed by atoms with van der Waals surface area (Å²) in [7, 11) is 0. The zero-order chi connectivity index (χ0) is 6.53. The van der Waals surface area contributed by atoms with Crippen molar-refractivity contribution >= 4 is 12.4 Å². The highest BCUT2D eigenvalue weighted by atomic mass is 35.5. The molecule has 3 heteroatoms. The molecule has 0 aromatic rings. The molecule has 1 saturated heterocycles. The molecular weight excluding hydrogens is 150 g/mol. The average Bonchev–Trinajstić information content (AvgIpc) is 2.13. The standard InChI is InChI=1S/C7H15NO.ClH/c9-6-7-3-1-2-4-8-5-7;/h7-9H,1-6H2;1H/t7-;/m0./s1. The first-order valence-electron chi connectivity index (χ1n) is 3.75. The van der Waals surface area contributed by atoms with Crippen LogP contribution in [0, 0.1) is 5.92 Å². The normalized spacial score (nSPS) is 26.7. The van der Waals surface area contributed by atoms with Gasteiger partial charge in [0.15, 0.2) is 0 Å². The van der Waals surface area contributed by atoms with E-state index < -0.39 is 0 Å². The highest BCUT2D eigenvalue weighted by Gasteiger charge is 2.08. The molecule has 0 bridgehead atoms. The van der Waals surface area contributed by atoms with E-state index in [0.717, 1.165) is 13.1 Å². The molecule has 1 rings (SSSR count). The molecule has 0 radical (unpaired) electrons. The minimum atomic E-state index is 0. The largest absolute Gasteiger partial charge is 0.396 e. The Labute approximate surface area is 68.4 Å². The van der Waals surface area contributed by atoms with Gasteiger partial charge in [0.05, 0.1) is 0 Å². The van der Waals surface area contributed by atoms with Gasteiger partial charge in [-0.1, -0.05) is 6.42 Å². The third-order valence-corrected chi connectivity index (χ3v) is 1.91. The summed E-state index contributed by atoms with van der Waals surface area (Å²) >= 11 is 0. The lowest BCUT2D eigenvalue weighted by atomic mass is 10.1. The Bertz CT molecular complexity index is 72.0. The molecule has 1 aliphatic heterocycles. The number of hydrogen-bond donors (Lipinski definition) is 2. The maximum Gasteiger partial charge on any atom is 0.0471 e. The Morgan fingerprint density at radius 1 is 1.40 bits per heavy atom. The molecule has 1 aliphatic rings. The number of aliphatic hydroxyl groups is 1. The summed E-state index contributed by atoms with van der Waals surface area (Å²) in [4.78, 5) is 0. The van der Waals surface area contributed by atoms with E-state index in [1.165, 1.54) is 19.3 Å². The molecule has 0 unspecified atom stereocenters. The van der Waals surface area contributed by atoms with Gasteiger partial charge < -0.3 is 10.4 Å². The van der Waals surface area contributed by atoms with E-state index in [1.54, 1.807) is 0 Å². The summed E-state index contributed by atoms with van der Waals surface area (Å²) in [6, 6.07) is 0. The van der Waals surface area contributed by atoms with Crippen molar-refractivity contribution in [1.82, 2.24) is 5.32 Å². The van der Waals surface area contributed by atoms with Crippen molar-refractivity contribution in [3.05, 3.63) is 0 Å². The fraction of sp³-hybridized carbons (Fsp3) is 1.00. The van der Waals surface area contributed by atoms with Crippen LogP contribution in [0.4, 0.5) is 0 Å². The van der Waals surface area contributed by atoms with E-state index in [4.69, 9.17) is 5.11 Å². The van der Waals surface area contributed by atoms with Crippen molar-refractivity contribution in [2.75, 3.05) is 19.7 Å². The Morgan fingerprint density at radius 2 is 2.20 bits per heavy atom. The Balaban J connectivity index is 0.000000810. The lowest BCUT2D eigenvalue weighted by Gasteiger charge is -2.08. The third-order valence-electron chi connectivity index (χ3n) is 1.91. The van der Waals surface area contributed by atoms with E-state index in [1.807, 2.05) is 0 Å². The van der Waals surface area contributed by atoms with Crippen LogP contribution in [0.3, 0.4) is 0 Å². The summed E-state index contributed by atoms with van der Waals surface area (Å²) in [6.07, 6.45) is 3.75. The lowest BCUT2D eigenvalue weighted by molar-refractivity contribution is 0.220. The molecule has 1 fully saturated rings. The molecule has 0 aromatic carbocycles. The average molecular weight is 166 g/mol. The van der Waals surface area contributed by atoms with E-state index in [-0.39, 0.29) is 12.4 Å². The molecule has 0 aliphatic carbocycles. The minimum absolute atomic E-state index is 0. The van der Waals surface area contributed by atoms with Gasteiger partial charge in [-0.05, 0) is 25.3 Å². The molecule has 0 aromatic heterocycles. The van der Waals surface area contributed by atoms with Crippen LogP contribution >= 0.6 is 12.4 Å². The highest BCUT2D eigenvalue weighted by Crippen LogP contribution is 2.09. The van der Waals surface area contributed by atoms with Crippen LogP contribution in [0.1, 0.15) is 19.3 Å². The van der Waals surface area contributed by atoms with Gasteiger partial charge in [-0.25, -0.2) is 0 Å². The summed E-state index contributed by atoms with van der Waals surface area (Å²) in [6.45, 7) is 2.50. The van der Waals surface area contributed by atoms with Crippen molar-refractivity contribution in [1.29, 1.82) is 0 Å². The predicted octanol–water partition coefficient (Wildman–Crippen LogP) is 0.790. The van der Waals surface area contributed by atoms with Crippen molar-refractivity contribution in [2.45, 2.75) is 19.3 Å². The zero-order valence-corrected chi connectivity index (χ0v) is 6.99. The molecule has 2 nitrogen and oxygen atoms in total. The van der Waals surface area contributed by atoms with Crippen LogP contribution < -0.4 is 5.32 Å². The molecule has 0 spiro atoms. The highest BCUT2D eigenvalue weighted by molar-refractivity contribution is 5.85. The number of aliphatic hydroxyl groups excluding tert-OH is 1. The molecule has 0 amide bonds. The SMILES string of the molecule is Cl.OC[C@H]1CCCCNC1. The van der Waals surface area contributed by atoms with Crippen LogP contribution in [0.2, 0.25) is 0 Å². The van der Waals surface area contributed by atoms with Crippen molar-refractivity contribution < 1.29 is 5.11 Å².